The van der Waals surface area contributed by atoms with Gasteiger partial charge in [0.1, 0.15) is 5.75 Å². The van der Waals surface area contributed by atoms with Crippen LogP contribution in [0.4, 0.5) is 5.69 Å². The number of hydrogen-bond acceptors (Lipinski definition) is 3. The quantitative estimate of drug-likeness (QED) is 0.607. The second kappa shape index (κ2) is 10.5. The third-order valence-electron chi connectivity index (χ3n) is 4.11. The van der Waals surface area contributed by atoms with Crippen molar-refractivity contribution in [1.29, 1.82) is 0 Å². The number of amides is 2. The number of para-hydroxylation sites is 2. The fourth-order valence-electron chi connectivity index (χ4n) is 2.57. The fraction of sp³-hybridized carbons (Fsp3) is 0.300. The zero-order valence-electron chi connectivity index (χ0n) is 15.5. The Kier molecular flexibility index (Phi) is 8.10. The summed E-state index contributed by atoms with van der Waals surface area (Å²) in [6.45, 7) is 3.46. The SMILES string of the molecule is CC[NH+](CC(=O)NCc1ccc(Cl)cc1)CC(=O)Nc1ccccc1OC. The lowest BCUT2D eigenvalue weighted by molar-refractivity contribution is -0.881. The smallest absolute Gasteiger partial charge is 0.279 e. The average molecular weight is 391 g/mol. The number of halogens is 1. The van der Waals surface area contributed by atoms with Crippen LogP contribution in [-0.2, 0) is 16.1 Å². The second-order valence-electron chi connectivity index (χ2n) is 6.11. The largest absolute Gasteiger partial charge is 0.495 e. The predicted molar refractivity (Wildman–Crippen MR) is 106 cm³/mol. The first kappa shape index (κ1) is 20.7. The third-order valence-corrected chi connectivity index (χ3v) is 4.36. The Morgan fingerprint density at radius 2 is 1.70 bits per heavy atom. The summed E-state index contributed by atoms with van der Waals surface area (Å²) in [4.78, 5) is 25.4. The number of hydrogen-bond donors (Lipinski definition) is 3. The molecule has 0 aliphatic rings. The molecule has 27 heavy (non-hydrogen) atoms. The number of ether oxygens (including phenoxy) is 1. The molecule has 2 rings (SSSR count). The number of rotatable bonds is 9. The highest BCUT2D eigenvalue weighted by Gasteiger charge is 2.17. The molecule has 3 N–H and O–H groups in total. The number of nitrogens with one attached hydrogen (secondary N) is 3. The summed E-state index contributed by atoms with van der Waals surface area (Å²) in [6, 6.07) is 14.5. The second-order valence-corrected chi connectivity index (χ2v) is 6.55. The Balaban J connectivity index is 1.82. The van der Waals surface area contributed by atoms with Gasteiger partial charge in [0.05, 0.1) is 19.3 Å². The van der Waals surface area contributed by atoms with Crippen molar-refractivity contribution in [3.8, 4) is 5.75 Å². The van der Waals surface area contributed by atoms with Crippen LogP contribution in [0.25, 0.3) is 0 Å². The van der Waals surface area contributed by atoms with E-state index < -0.39 is 0 Å². The molecule has 0 radical (unpaired) electrons. The highest BCUT2D eigenvalue weighted by molar-refractivity contribution is 6.30. The molecular formula is C20H25ClN3O3+. The van der Waals surface area contributed by atoms with Gasteiger partial charge in [-0.15, -0.1) is 0 Å². The molecule has 0 aromatic heterocycles. The maximum atomic E-state index is 12.3. The molecule has 0 heterocycles. The van der Waals surface area contributed by atoms with E-state index in [1.807, 2.05) is 31.2 Å². The lowest BCUT2D eigenvalue weighted by Gasteiger charge is -2.17. The third kappa shape index (κ3) is 6.92. The molecule has 0 saturated carbocycles. The van der Waals surface area contributed by atoms with Gasteiger partial charge in [-0.3, -0.25) is 9.59 Å². The summed E-state index contributed by atoms with van der Waals surface area (Å²) in [5.74, 6) is 0.332. The van der Waals surface area contributed by atoms with Gasteiger partial charge >= 0.3 is 0 Å². The van der Waals surface area contributed by atoms with E-state index in [1.54, 1.807) is 31.4 Å². The van der Waals surface area contributed by atoms with Gasteiger partial charge < -0.3 is 20.3 Å². The molecule has 0 fully saturated rings. The monoisotopic (exact) mass is 390 g/mol. The summed E-state index contributed by atoms with van der Waals surface area (Å²) in [5.41, 5.74) is 1.59. The Morgan fingerprint density at radius 3 is 2.37 bits per heavy atom. The van der Waals surface area contributed by atoms with Crippen LogP contribution < -0.4 is 20.3 Å². The van der Waals surface area contributed by atoms with E-state index in [0.29, 0.717) is 29.5 Å². The van der Waals surface area contributed by atoms with Crippen molar-refractivity contribution in [1.82, 2.24) is 5.32 Å². The summed E-state index contributed by atoms with van der Waals surface area (Å²) in [5, 5.41) is 6.36. The number of benzene rings is 2. The average Bonchev–Trinajstić information content (AvgIpc) is 2.67. The summed E-state index contributed by atoms with van der Waals surface area (Å²) in [7, 11) is 1.56. The Bertz CT molecular complexity index is 765. The van der Waals surface area contributed by atoms with E-state index in [4.69, 9.17) is 16.3 Å². The lowest BCUT2D eigenvalue weighted by Crippen LogP contribution is -3.13. The topological polar surface area (TPSA) is 71.9 Å². The van der Waals surface area contributed by atoms with Crippen molar-refractivity contribution in [2.75, 3.05) is 32.1 Å². The highest BCUT2D eigenvalue weighted by atomic mass is 35.5. The minimum absolute atomic E-state index is 0.105. The van der Waals surface area contributed by atoms with Crippen LogP contribution in [-0.4, -0.2) is 38.6 Å². The zero-order valence-corrected chi connectivity index (χ0v) is 16.3. The normalized spacial score (nSPS) is 11.5. The first-order valence-corrected chi connectivity index (χ1v) is 9.17. The molecule has 1 unspecified atom stereocenters. The van der Waals surface area contributed by atoms with Crippen LogP contribution in [0.15, 0.2) is 48.5 Å². The summed E-state index contributed by atoms with van der Waals surface area (Å²) < 4.78 is 5.23. The van der Waals surface area contributed by atoms with Gasteiger partial charge in [-0.25, -0.2) is 0 Å². The van der Waals surface area contributed by atoms with Crippen molar-refractivity contribution in [2.24, 2.45) is 0 Å². The maximum Gasteiger partial charge on any atom is 0.279 e. The summed E-state index contributed by atoms with van der Waals surface area (Å²) >= 11 is 5.85. The number of likely N-dealkylation sites (N-methyl/N-ethyl adjacent to an activating group) is 1. The molecule has 2 aromatic rings. The standard InChI is InChI=1S/C20H24ClN3O3/c1-3-24(13-19(25)22-12-15-8-10-16(21)11-9-15)14-20(26)23-17-6-4-5-7-18(17)27-2/h4-11H,3,12-14H2,1-2H3,(H,22,25)(H,23,26)/p+1. The van der Waals surface area contributed by atoms with Gasteiger partial charge in [0, 0.05) is 11.6 Å². The van der Waals surface area contributed by atoms with Gasteiger partial charge in [-0.2, -0.15) is 0 Å². The van der Waals surface area contributed by atoms with Crippen molar-refractivity contribution >= 4 is 29.1 Å². The minimum atomic E-state index is -0.165. The van der Waals surface area contributed by atoms with Crippen LogP contribution in [0.3, 0.4) is 0 Å². The molecule has 2 aromatic carbocycles. The van der Waals surface area contributed by atoms with E-state index in [-0.39, 0.29) is 24.9 Å². The Labute approximate surface area is 164 Å². The lowest BCUT2D eigenvalue weighted by atomic mass is 10.2. The van der Waals surface area contributed by atoms with Crippen molar-refractivity contribution in [3.05, 3.63) is 59.1 Å². The molecule has 2 amide bonds. The molecule has 0 aliphatic heterocycles. The van der Waals surface area contributed by atoms with Crippen LogP contribution in [0.1, 0.15) is 12.5 Å². The maximum absolute atomic E-state index is 12.3. The highest BCUT2D eigenvalue weighted by Crippen LogP contribution is 2.22. The van der Waals surface area contributed by atoms with E-state index in [9.17, 15) is 9.59 Å². The first-order chi connectivity index (χ1) is 13.0. The van der Waals surface area contributed by atoms with E-state index in [2.05, 4.69) is 10.6 Å². The van der Waals surface area contributed by atoms with Gasteiger partial charge in [-0.1, -0.05) is 35.9 Å². The number of methoxy groups -OCH3 is 1. The van der Waals surface area contributed by atoms with Crippen molar-refractivity contribution in [2.45, 2.75) is 13.5 Å². The molecule has 0 saturated heterocycles. The number of carbonyl (C=O) groups excluding carboxylic acids is 2. The molecule has 0 aliphatic carbocycles. The van der Waals surface area contributed by atoms with E-state index in [1.165, 1.54) is 0 Å². The Morgan fingerprint density at radius 1 is 1.04 bits per heavy atom. The Hall–Kier alpha value is -2.57. The molecule has 144 valence electrons. The van der Waals surface area contributed by atoms with E-state index >= 15 is 0 Å². The van der Waals surface area contributed by atoms with Crippen LogP contribution in [0.5, 0.6) is 5.75 Å². The van der Waals surface area contributed by atoms with Crippen molar-refractivity contribution < 1.29 is 19.2 Å². The van der Waals surface area contributed by atoms with Gasteiger partial charge in [0.15, 0.2) is 13.1 Å². The van der Waals surface area contributed by atoms with Gasteiger partial charge in [0.25, 0.3) is 11.8 Å². The molecule has 1 atom stereocenters. The van der Waals surface area contributed by atoms with Gasteiger partial charge in [0.2, 0.25) is 0 Å². The number of quaternary nitrogens is 1. The van der Waals surface area contributed by atoms with Crippen LogP contribution in [0, 0.1) is 0 Å². The number of carbonyl (C=O) groups is 2. The number of anilines is 1. The first-order valence-electron chi connectivity index (χ1n) is 8.79. The van der Waals surface area contributed by atoms with Crippen LogP contribution >= 0.6 is 11.6 Å². The van der Waals surface area contributed by atoms with Gasteiger partial charge in [-0.05, 0) is 36.8 Å². The zero-order chi connectivity index (χ0) is 19.6. The van der Waals surface area contributed by atoms with Crippen LogP contribution in [0.2, 0.25) is 5.02 Å². The molecule has 7 heteroatoms. The molecule has 6 nitrogen and oxygen atoms in total. The van der Waals surface area contributed by atoms with Crippen molar-refractivity contribution in [3.63, 3.8) is 0 Å². The molecule has 0 bridgehead atoms. The van der Waals surface area contributed by atoms with E-state index in [0.717, 1.165) is 10.5 Å². The fourth-order valence-corrected chi connectivity index (χ4v) is 2.70. The minimum Gasteiger partial charge on any atom is -0.495 e. The molecular weight excluding hydrogens is 366 g/mol. The predicted octanol–water partition coefficient (Wildman–Crippen LogP) is 1.51. The summed E-state index contributed by atoms with van der Waals surface area (Å²) in [6.07, 6.45) is 0. The molecule has 0 spiro atoms.